The molecule has 3 nitrogen and oxygen atoms in total. The molecule has 0 aliphatic rings. The Labute approximate surface area is 123 Å². The van der Waals surface area contributed by atoms with Gasteiger partial charge in [0.05, 0.1) is 4.90 Å². The second kappa shape index (κ2) is 5.06. The second-order valence-corrected chi connectivity index (χ2v) is 13.5. The van der Waals surface area contributed by atoms with Gasteiger partial charge in [0.1, 0.15) is 0 Å². The average molecular weight is 455 g/mol. The van der Waals surface area contributed by atoms with Gasteiger partial charge < -0.3 is 0 Å². The molecule has 0 aliphatic carbocycles. The first kappa shape index (κ1) is 14.6. The highest BCUT2D eigenvalue weighted by atomic mass is 80.0. The van der Waals surface area contributed by atoms with Crippen LogP contribution in [0.25, 0.3) is 0 Å². The maximum atomic E-state index is 11.9. The van der Waals surface area contributed by atoms with Crippen LogP contribution in [0.3, 0.4) is 0 Å². The Kier molecular flexibility index (Phi) is 4.62. The zero-order chi connectivity index (χ0) is 12.6. The molecule has 1 aromatic carbocycles. The van der Waals surface area contributed by atoms with Crippen molar-refractivity contribution in [1.29, 1.82) is 0 Å². The Morgan fingerprint density at radius 3 is 1.88 bits per heavy atom. The Morgan fingerprint density at radius 2 is 1.56 bits per heavy atom. The number of rotatable bonds is 2. The molecule has 0 atom stereocenters. The lowest BCUT2D eigenvalue weighted by Gasteiger charge is -2.13. The molecule has 16 heavy (non-hydrogen) atoms. The monoisotopic (exact) mass is 452 g/mol. The normalized spacial score (nSPS) is 12.5. The van der Waals surface area contributed by atoms with Crippen LogP contribution in [0.4, 0.5) is 0 Å². The van der Waals surface area contributed by atoms with E-state index >= 15 is 0 Å². The van der Waals surface area contributed by atoms with Gasteiger partial charge in [-0.25, -0.2) is 8.42 Å². The minimum atomic E-state index is -3.62. The number of carbonyl (C=O) groups is 1. The van der Waals surface area contributed by atoms with E-state index in [4.69, 9.17) is 11.6 Å². The smallest absolute Gasteiger partial charge is 0.252 e. The molecule has 0 spiro atoms. The van der Waals surface area contributed by atoms with E-state index in [1.54, 1.807) is 0 Å². The summed E-state index contributed by atoms with van der Waals surface area (Å²) in [4.78, 5) is 10.8. The first-order chi connectivity index (χ1) is 7.16. The molecule has 0 unspecified atom stereocenters. The molecule has 0 heterocycles. The van der Waals surface area contributed by atoms with Crippen LogP contribution in [0.1, 0.15) is 10.4 Å². The van der Waals surface area contributed by atoms with Gasteiger partial charge in [-0.05, 0) is 83.7 Å². The standard InChI is InChI=1S/C8H4Br3ClO3S/c9-8(10,11)16(14,15)6-3-1-5(2-4-6)7(12)13/h1-4H. The van der Waals surface area contributed by atoms with Crippen LogP contribution in [0.2, 0.25) is 0 Å². The van der Waals surface area contributed by atoms with Gasteiger partial charge in [0.25, 0.3) is 5.24 Å². The lowest BCUT2D eigenvalue weighted by atomic mass is 10.2. The van der Waals surface area contributed by atoms with Crippen LogP contribution < -0.4 is 0 Å². The van der Waals surface area contributed by atoms with Crippen molar-refractivity contribution < 1.29 is 13.2 Å². The molecule has 0 aromatic heterocycles. The molecule has 1 aromatic rings. The molecule has 0 fully saturated rings. The second-order valence-electron chi connectivity index (χ2n) is 2.75. The van der Waals surface area contributed by atoms with Crippen LogP contribution in [0.15, 0.2) is 29.2 Å². The molecule has 0 aliphatic heterocycles. The minimum absolute atomic E-state index is 0.0554. The van der Waals surface area contributed by atoms with Gasteiger partial charge in [-0.3, -0.25) is 4.79 Å². The fourth-order valence-electron chi connectivity index (χ4n) is 0.899. The third-order valence-electron chi connectivity index (χ3n) is 1.70. The van der Waals surface area contributed by atoms with Crippen LogP contribution in [0, 0.1) is 0 Å². The molecule has 0 saturated heterocycles. The first-order valence-electron chi connectivity index (χ1n) is 3.77. The van der Waals surface area contributed by atoms with E-state index in [1.807, 2.05) is 0 Å². The van der Waals surface area contributed by atoms with Gasteiger partial charge in [0, 0.05) is 5.56 Å². The highest BCUT2D eigenvalue weighted by Gasteiger charge is 2.37. The van der Waals surface area contributed by atoms with Crippen molar-refractivity contribution in [3.05, 3.63) is 29.8 Å². The number of hydrogen-bond donors (Lipinski definition) is 0. The average Bonchev–Trinajstić information content (AvgIpc) is 2.16. The maximum absolute atomic E-state index is 11.9. The summed E-state index contributed by atoms with van der Waals surface area (Å²) in [5.41, 5.74) is 0.241. The van der Waals surface area contributed by atoms with Crippen LogP contribution >= 0.6 is 59.4 Å². The van der Waals surface area contributed by atoms with E-state index in [0.717, 1.165) is 0 Å². The highest BCUT2D eigenvalue weighted by Crippen LogP contribution is 2.43. The zero-order valence-electron chi connectivity index (χ0n) is 7.45. The molecule has 0 saturated carbocycles. The van der Waals surface area contributed by atoms with E-state index in [2.05, 4.69) is 47.8 Å². The molecule has 0 N–H and O–H groups in total. The molecule has 1 rings (SSSR count). The summed E-state index contributed by atoms with van der Waals surface area (Å²) in [5, 5.41) is -0.633. The highest BCUT2D eigenvalue weighted by molar-refractivity contribution is 9.42. The summed E-state index contributed by atoms with van der Waals surface area (Å²) >= 11 is 14.1. The van der Waals surface area contributed by atoms with Gasteiger partial charge in [-0.2, -0.15) is 0 Å². The lowest BCUT2D eigenvalue weighted by Crippen LogP contribution is -2.17. The van der Waals surface area contributed by atoms with Crippen molar-refractivity contribution in [3.63, 3.8) is 0 Å². The molecule has 0 bridgehead atoms. The van der Waals surface area contributed by atoms with Crippen molar-refractivity contribution in [2.75, 3.05) is 0 Å². The van der Waals surface area contributed by atoms with E-state index in [0.29, 0.717) is 0 Å². The topological polar surface area (TPSA) is 51.2 Å². The molecule has 0 radical (unpaired) electrons. The predicted molar refractivity (Wildman–Crippen MR) is 73.3 cm³/mol. The van der Waals surface area contributed by atoms with Gasteiger partial charge >= 0.3 is 0 Å². The number of halogens is 4. The van der Waals surface area contributed by atoms with Crippen molar-refractivity contribution in [2.24, 2.45) is 0 Å². The molecule has 0 amide bonds. The minimum Gasteiger partial charge on any atom is -0.276 e. The first-order valence-corrected chi connectivity index (χ1v) is 8.01. The van der Waals surface area contributed by atoms with Crippen molar-refractivity contribution >= 4 is 74.5 Å². The maximum Gasteiger partial charge on any atom is 0.252 e. The van der Waals surface area contributed by atoms with Crippen LogP contribution in [-0.2, 0) is 9.84 Å². The van der Waals surface area contributed by atoms with E-state index in [9.17, 15) is 13.2 Å². The molecular weight excluding hydrogens is 451 g/mol. The number of sulfone groups is 1. The van der Waals surface area contributed by atoms with Gasteiger partial charge in [-0.1, -0.05) is 0 Å². The third kappa shape index (κ3) is 3.07. The largest absolute Gasteiger partial charge is 0.276 e. The van der Waals surface area contributed by atoms with Crippen molar-refractivity contribution in [1.82, 2.24) is 0 Å². The zero-order valence-corrected chi connectivity index (χ0v) is 13.8. The Morgan fingerprint density at radius 1 is 1.12 bits per heavy atom. The van der Waals surface area contributed by atoms with Gasteiger partial charge in [0.2, 0.25) is 11.3 Å². The van der Waals surface area contributed by atoms with Crippen LogP contribution in [0.5, 0.6) is 0 Å². The summed E-state index contributed by atoms with van der Waals surface area (Å²) in [6.45, 7) is 0. The molecular formula is C8H4Br3ClO3S. The summed E-state index contributed by atoms with van der Waals surface area (Å²) in [6, 6.07) is 5.31. The van der Waals surface area contributed by atoms with Crippen molar-refractivity contribution in [2.45, 2.75) is 6.37 Å². The van der Waals surface area contributed by atoms with Gasteiger partial charge in [-0.15, -0.1) is 0 Å². The Bertz CT molecular complexity index is 504. The van der Waals surface area contributed by atoms with E-state index in [1.165, 1.54) is 24.3 Å². The number of hydrogen-bond acceptors (Lipinski definition) is 3. The molecule has 8 heteroatoms. The number of alkyl halides is 3. The quantitative estimate of drug-likeness (QED) is 0.506. The summed E-state index contributed by atoms with van der Waals surface area (Å²) in [7, 11) is -3.62. The summed E-state index contributed by atoms with van der Waals surface area (Å²) in [5.74, 6) is 0. The van der Waals surface area contributed by atoms with E-state index in [-0.39, 0.29) is 10.5 Å². The number of benzene rings is 1. The fraction of sp³-hybridized carbons (Fsp3) is 0.125. The lowest BCUT2D eigenvalue weighted by molar-refractivity contribution is 0.108. The third-order valence-corrected chi connectivity index (χ3v) is 7.25. The Hall–Kier alpha value is 0.570. The van der Waals surface area contributed by atoms with Crippen LogP contribution in [-0.4, -0.2) is 15.1 Å². The van der Waals surface area contributed by atoms with Crippen molar-refractivity contribution in [3.8, 4) is 0 Å². The SMILES string of the molecule is O=C(Cl)c1ccc(S(=O)(=O)C(Br)(Br)Br)cc1. The van der Waals surface area contributed by atoms with Gasteiger partial charge in [0.15, 0.2) is 0 Å². The predicted octanol–water partition coefficient (Wildman–Crippen LogP) is 3.64. The Balaban J connectivity index is 3.23. The summed E-state index contributed by atoms with van der Waals surface area (Å²) < 4.78 is 22.3. The fourth-order valence-corrected chi connectivity index (χ4v) is 3.47. The van der Waals surface area contributed by atoms with E-state index < -0.39 is 16.6 Å². The number of carbonyl (C=O) groups excluding carboxylic acids is 1. The summed E-state index contributed by atoms with van der Waals surface area (Å²) in [6.07, 6.45) is 0. The molecule has 88 valence electrons.